The number of anilines is 4. The molecule has 2 saturated heterocycles. The Hall–Kier alpha value is -3.60. The van der Waals surface area contributed by atoms with Crippen molar-refractivity contribution >= 4 is 40.2 Å². The first-order chi connectivity index (χ1) is 19.2. The lowest BCUT2D eigenvalue weighted by atomic mass is 9.95. The first-order valence-electron chi connectivity index (χ1n) is 14.4. The van der Waals surface area contributed by atoms with Gasteiger partial charge in [0.1, 0.15) is 5.75 Å². The van der Waals surface area contributed by atoms with Crippen molar-refractivity contribution in [3.8, 4) is 5.75 Å². The van der Waals surface area contributed by atoms with Crippen molar-refractivity contribution in [3.63, 3.8) is 0 Å². The normalized spacial score (nSPS) is 20.7. The fourth-order valence-electron chi connectivity index (χ4n) is 6.09. The second-order valence-corrected chi connectivity index (χ2v) is 10.9. The summed E-state index contributed by atoms with van der Waals surface area (Å²) >= 11 is 0. The van der Waals surface area contributed by atoms with E-state index in [0.717, 1.165) is 99.1 Å². The standard InChI is InChI=1S/C28H39N9O2/c1-39-23-16-21(36-12-14-37(15-13-36)27(38)19-6-5-11-29-17-19)9-10-22(23)33-28-34-25-24(30-18-31-25)26(35-28)32-20-7-3-2-4-8-20/h9-10,16,18-20,29H,2-8,11-15,17H2,1H3,(H3,30,31,32,33,34,35)/p+1. The number of aromatic amines is 2. The van der Waals surface area contributed by atoms with Crippen molar-refractivity contribution in [2.75, 3.05) is 61.9 Å². The number of amides is 1. The maximum Gasteiger partial charge on any atom is 0.307 e. The number of hydrogen-bond acceptors (Lipinski definition) is 8. The Morgan fingerprint density at radius 1 is 1.08 bits per heavy atom. The molecule has 2 aromatic heterocycles. The third-order valence-electron chi connectivity index (χ3n) is 8.31. The second-order valence-electron chi connectivity index (χ2n) is 10.9. The lowest BCUT2D eigenvalue weighted by molar-refractivity contribution is -0.347. The van der Waals surface area contributed by atoms with Crippen LogP contribution in [-0.2, 0) is 4.79 Å². The number of benzene rings is 1. The fraction of sp³-hybridized carbons (Fsp3) is 0.571. The highest BCUT2D eigenvalue weighted by molar-refractivity contribution is 5.82. The minimum atomic E-state index is 0.124. The van der Waals surface area contributed by atoms with Crippen LogP contribution >= 0.6 is 0 Å². The van der Waals surface area contributed by atoms with Crippen molar-refractivity contribution in [1.82, 2.24) is 25.2 Å². The number of nitrogens with zero attached hydrogens (tertiary/aromatic N) is 4. The van der Waals surface area contributed by atoms with Crippen LogP contribution in [0.15, 0.2) is 24.5 Å². The number of carbonyl (C=O) groups is 1. The maximum atomic E-state index is 12.9. The van der Waals surface area contributed by atoms with Crippen LogP contribution in [0.1, 0.15) is 44.9 Å². The van der Waals surface area contributed by atoms with E-state index in [1.165, 1.54) is 19.3 Å². The summed E-state index contributed by atoms with van der Waals surface area (Å²) in [6.07, 6.45) is 9.99. The Morgan fingerprint density at radius 2 is 1.92 bits per heavy atom. The van der Waals surface area contributed by atoms with Crippen LogP contribution in [0.5, 0.6) is 5.75 Å². The summed E-state index contributed by atoms with van der Waals surface area (Å²) < 4.78 is 5.77. The first-order valence-corrected chi connectivity index (χ1v) is 14.4. The molecule has 1 atom stereocenters. The molecule has 208 valence electrons. The molecule has 4 heterocycles. The molecule has 1 aliphatic carbocycles. The molecule has 3 aliphatic rings. The zero-order valence-corrected chi connectivity index (χ0v) is 22.8. The molecule has 39 heavy (non-hydrogen) atoms. The minimum Gasteiger partial charge on any atom is -0.494 e. The van der Waals surface area contributed by atoms with Gasteiger partial charge in [0.05, 0.1) is 18.7 Å². The van der Waals surface area contributed by atoms with Gasteiger partial charge in [-0.1, -0.05) is 24.2 Å². The molecule has 6 rings (SSSR count). The summed E-state index contributed by atoms with van der Waals surface area (Å²) in [5.41, 5.74) is 3.51. The predicted molar refractivity (Wildman–Crippen MR) is 152 cm³/mol. The Bertz CT molecular complexity index is 1280. The predicted octanol–water partition coefficient (Wildman–Crippen LogP) is 2.92. The Morgan fingerprint density at radius 3 is 2.69 bits per heavy atom. The van der Waals surface area contributed by atoms with Crippen molar-refractivity contribution in [2.24, 2.45) is 5.92 Å². The van der Waals surface area contributed by atoms with E-state index >= 15 is 0 Å². The molecule has 3 fully saturated rings. The van der Waals surface area contributed by atoms with Gasteiger partial charge in [0.2, 0.25) is 11.4 Å². The van der Waals surface area contributed by atoms with E-state index in [1.54, 1.807) is 13.4 Å². The topological polar surface area (TPSA) is 125 Å². The van der Waals surface area contributed by atoms with Crippen LogP contribution < -0.4 is 30.6 Å². The van der Waals surface area contributed by atoms with E-state index in [1.807, 2.05) is 17.0 Å². The van der Waals surface area contributed by atoms with E-state index in [2.05, 4.69) is 41.9 Å². The first kappa shape index (κ1) is 25.7. The molecule has 1 saturated carbocycles. The van der Waals surface area contributed by atoms with Crippen molar-refractivity contribution in [3.05, 3.63) is 24.5 Å². The number of carbonyl (C=O) groups excluding carboxylic acids is 1. The van der Waals surface area contributed by atoms with Crippen LogP contribution in [0.25, 0.3) is 11.2 Å². The Balaban J connectivity index is 1.14. The average Bonchev–Trinajstić information content (AvgIpc) is 3.47. The lowest BCUT2D eigenvalue weighted by Crippen LogP contribution is -2.52. The fourth-order valence-corrected chi connectivity index (χ4v) is 6.09. The zero-order chi connectivity index (χ0) is 26.6. The molecule has 11 heteroatoms. The lowest BCUT2D eigenvalue weighted by Gasteiger charge is -2.38. The molecule has 5 N–H and O–H groups in total. The molecule has 1 aromatic carbocycles. The van der Waals surface area contributed by atoms with Gasteiger partial charge in [0, 0.05) is 50.5 Å². The van der Waals surface area contributed by atoms with Crippen LogP contribution in [0.3, 0.4) is 0 Å². The van der Waals surface area contributed by atoms with E-state index in [0.29, 0.717) is 17.9 Å². The molecule has 11 nitrogen and oxygen atoms in total. The highest BCUT2D eigenvalue weighted by Crippen LogP contribution is 2.33. The van der Waals surface area contributed by atoms with E-state index in [4.69, 9.17) is 9.72 Å². The number of fused-ring (bicyclic) bond motifs is 1. The summed E-state index contributed by atoms with van der Waals surface area (Å²) in [5, 5.41) is 10.4. The molecule has 1 unspecified atom stereocenters. The molecule has 0 spiro atoms. The van der Waals surface area contributed by atoms with Crippen molar-refractivity contribution < 1.29 is 14.5 Å². The molecule has 3 aromatic rings. The molecule has 2 aliphatic heterocycles. The van der Waals surface area contributed by atoms with Crippen LogP contribution in [-0.4, -0.2) is 78.2 Å². The van der Waals surface area contributed by atoms with Gasteiger partial charge in [0.25, 0.3) is 0 Å². The summed E-state index contributed by atoms with van der Waals surface area (Å²) in [7, 11) is 1.68. The number of ether oxygens (including phenoxy) is 1. The Kier molecular flexibility index (Phi) is 7.67. The third kappa shape index (κ3) is 5.73. The quantitative estimate of drug-likeness (QED) is 0.365. The number of hydrogen-bond donors (Lipinski definition) is 4. The smallest absolute Gasteiger partial charge is 0.307 e. The van der Waals surface area contributed by atoms with Crippen LogP contribution in [0, 0.1) is 5.92 Å². The van der Waals surface area contributed by atoms with E-state index in [9.17, 15) is 4.79 Å². The highest BCUT2D eigenvalue weighted by Gasteiger charge is 2.29. The van der Waals surface area contributed by atoms with Crippen LogP contribution in [0.4, 0.5) is 23.1 Å². The number of imidazole rings is 1. The van der Waals surface area contributed by atoms with Gasteiger partial charge in [-0.3, -0.25) is 9.78 Å². The summed E-state index contributed by atoms with van der Waals surface area (Å²) in [4.78, 5) is 33.2. The number of methoxy groups -OCH3 is 1. The van der Waals surface area contributed by atoms with Gasteiger partial charge in [-0.25, -0.2) is 4.98 Å². The van der Waals surface area contributed by atoms with Gasteiger partial charge < -0.3 is 30.5 Å². The number of aromatic nitrogens is 4. The van der Waals surface area contributed by atoms with Gasteiger partial charge in [0.15, 0.2) is 12.1 Å². The zero-order valence-electron chi connectivity index (χ0n) is 22.8. The van der Waals surface area contributed by atoms with Crippen LogP contribution in [0.2, 0.25) is 0 Å². The number of H-pyrrole nitrogens is 2. The van der Waals surface area contributed by atoms with Gasteiger partial charge in [-0.2, -0.15) is 4.98 Å². The molecule has 0 radical (unpaired) electrons. The van der Waals surface area contributed by atoms with E-state index in [-0.39, 0.29) is 5.92 Å². The second kappa shape index (κ2) is 11.6. The maximum absolute atomic E-state index is 12.9. The summed E-state index contributed by atoms with van der Waals surface area (Å²) in [5.74, 6) is 2.46. The molecule has 1 amide bonds. The van der Waals surface area contributed by atoms with E-state index < -0.39 is 0 Å². The third-order valence-corrected chi connectivity index (χ3v) is 8.31. The van der Waals surface area contributed by atoms with Gasteiger partial charge >= 0.3 is 11.6 Å². The SMILES string of the molecule is COc1cc(N2CCN(C(=O)C3CCCNC3)CC2)ccc1Nc1nc(NC2CCCCC2)c2[nH]c[nH+]c2n1. The molecular formula is C28H40N9O2+. The Labute approximate surface area is 229 Å². The monoisotopic (exact) mass is 534 g/mol. The number of rotatable bonds is 7. The molecule has 0 bridgehead atoms. The largest absolute Gasteiger partial charge is 0.494 e. The summed E-state index contributed by atoms with van der Waals surface area (Å²) in [6.45, 7) is 4.93. The average molecular weight is 535 g/mol. The number of nitrogens with one attached hydrogen (secondary N) is 5. The molecular weight excluding hydrogens is 494 g/mol. The number of piperidine rings is 1. The van der Waals surface area contributed by atoms with Gasteiger partial charge in [-0.15, -0.1) is 0 Å². The summed E-state index contributed by atoms with van der Waals surface area (Å²) in [6, 6.07) is 6.58. The number of piperazine rings is 1. The van der Waals surface area contributed by atoms with Gasteiger partial charge in [-0.05, 0) is 44.4 Å². The minimum absolute atomic E-state index is 0.124. The highest BCUT2D eigenvalue weighted by atomic mass is 16.5. The van der Waals surface area contributed by atoms with Crippen molar-refractivity contribution in [2.45, 2.75) is 51.0 Å². The van der Waals surface area contributed by atoms with Crippen molar-refractivity contribution in [1.29, 1.82) is 0 Å².